The van der Waals surface area contributed by atoms with Crippen LogP contribution in [0.25, 0.3) is 11.5 Å². The molecule has 2 saturated heterocycles. The molecule has 5 nitrogen and oxygen atoms in total. The summed E-state index contributed by atoms with van der Waals surface area (Å²) in [6, 6.07) is 8.20. The summed E-state index contributed by atoms with van der Waals surface area (Å²) >= 11 is 0. The monoisotopic (exact) mass is 451 g/mol. The van der Waals surface area contributed by atoms with E-state index in [0.717, 1.165) is 55.0 Å². The predicted octanol–water partition coefficient (Wildman–Crippen LogP) is 6.00. The third-order valence-corrected chi connectivity index (χ3v) is 8.46. The van der Waals surface area contributed by atoms with Crippen LogP contribution in [0, 0.1) is 11.8 Å². The number of piperidine rings is 1. The Morgan fingerprint density at radius 3 is 2.52 bits per heavy atom. The maximum absolute atomic E-state index is 5.97. The standard InChI is InChI=1S/C28H41N3O2/c1-22-18-28(19-23(22)2)12-6-16-31(28)20-25-21-33-27(29-25)24-8-10-26(11-9-24)32-17-7-15-30-13-4-3-5-14-30/h8-11,21-23H,3-7,12-20H2,1-2H3. The van der Waals surface area contributed by atoms with E-state index < -0.39 is 0 Å². The average molecular weight is 452 g/mol. The van der Waals surface area contributed by atoms with Crippen LogP contribution in [0.15, 0.2) is 34.9 Å². The summed E-state index contributed by atoms with van der Waals surface area (Å²) in [4.78, 5) is 10.1. The molecule has 1 aromatic carbocycles. The third kappa shape index (κ3) is 5.30. The molecule has 0 radical (unpaired) electrons. The highest BCUT2D eigenvalue weighted by atomic mass is 16.5. The molecule has 2 aromatic rings. The molecule has 0 amide bonds. The zero-order chi connectivity index (χ0) is 22.7. The second-order valence-electron chi connectivity index (χ2n) is 10.9. The maximum atomic E-state index is 5.97. The summed E-state index contributed by atoms with van der Waals surface area (Å²) in [6.07, 6.45) is 12.3. The molecule has 1 aliphatic carbocycles. The van der Waals surface area contributed by atoms with Gasteiger partial charge in [0.2, 0.25) is 5.89 Å². The third-order valence-electron chi connectivity index (χ3n) is 8.46. The van der Waals surface area contributed by atoms with Crippen LogP contribution in [0.5, 0.6) is 5.75 Å². The summed E-state index contributed by atoms with van der Waals surface area (Å²) in [6.45, 7) is 11.4. The number of hydrogen-bond donors (Lipinski definition) is 0. The fourth-order valence-corrected chi connectivity index (χ4v) is 6.45. The zero-order valence-electron chi connectivity index (χ0n) is 20.6. The van der Waals surface area contributed by atoms with Gasteiger partial charge in [0.1, 0.15) is 12.0 Å². The van der Waals surface area contributed by atoms with Crippen molar-refractivity contribution in [1.29, 1.82) is 0 Å². The number of nitrogens with zero attached hydrogens (tertiary/aromatic N) is 3. The topological polar surface area (TPSA) is 41.7 Å². The van der Waals surface area contributed by atoms with E-state index in [1.54, 1.807) is 0 Å². The van der Waals surface area contributed by atoms with Gasteiger partial charge >= 0.3 is 0 Å². The van der Waals surface area contributed by atoms with E-state index >= 15 is 0 Å². The lowest BCUT2D eigenvalue weighted by atomic mass is 9.92. The lowest BCUT2D eigenvalue weighted by Gasteiger charge is -2.35. The molecule has 3 heterocycles. The molecule has 2 unspecified atom stereocenters. The van der Waals surface area contributed by atoms with Crippen molar-refractivity contribution >= 4 is 0 Å². The second-order valence-corrected chi connectivity index (χ2v) is 10.9. The number of oxazole rings is 1. The number of likely N-dealkylation sites (tertiary alicyclic amines) is 2. The molecule has 5 heteroatoms. The molecule has 3 aliphatic rings. The van der Waals surface area contributed by atoms with Gasteiger partial charge in [0.25, 0.3) is 0 Å². The lowest BCUT2D eigenvalue weighted by molar-refractivity contribution is 0.127. The lowest BCUT2D eigenvalue weighted by Crippen LogP contribution is -2.41. The molecule has 2 atom stereocenters. The minimum absolute atomic E-state index is 0.394. The molecule has 33 heavy (non-hydrogen) atoms. The highest BCUT2D eigenvalue weighted by Crippen LogP contribution is 2.48. The van der Waals surface area contributed by atoms with E-state index in [4.69, 9.17) is 14.1 Å². The van der Waals surface area contributed by atoms with Crippen molar-refractivity contribution in [3.63, 3.8) is 0 Å². The number of rotatable bonds is 8. The number of hydrogen-bond acceptors (Lipinski definition) is 5. The minimum atomic E-state index is 0.394. The Labute approximate surface area is 199 Å². The molecule has 1 saturated carbocycles. The average Bonchev–Trinajstić information content (AvgIpc) is 3.53. The zero-order valence-corrected chi connectivity index (χ0v) is 20.6. The van der Waals surface area contributed by atoms with Gasteiger partial charge < -0.3 is 14.1 Å². The van der Waals surface area contributed by atoms with E-state index in [0.29, 0.717) is 11.4 Å². The smallest absolute Gasteiger partial charge is 0.226 e. The van der Waals surface area contributed by atoms with Gasteiger partial charge in [0, 0.05) is 24.2 Å². The Morgan fingerprint density at radius 2 is 1.76 bits per heavy atom. The summed E-state index contributed by atoms with van der Waals surface area (Å²) < 4.78 is 11.8. The van der Waals surface area contributed by atoms with E-state index in [1.165, 1.54) is 64.6 Å². The van der Waals surface area contributed by atoms with Crippen molar-refractivity contribution in [2.75, 3.05) is 32.8 Å². The van der Waals surface area contributed by atoms with E-state index in [1.807, 2.05) is 18.4 Å². The van der Waals surface area contributed by atoms with Crippen LogP contribution >= 0.6 is 0 Å². The van der Waals surface area contributed by atoms with Gasteiger partial charge in [-0.3, -0.25) is 4.90 Å². The van der Waals surface area contributed by atoms with Gasteiger partial charge in [-0.25, -0.2) is 4.98 Å². The molecule has 0 N–H and O–H groups in total. The summed E-state index contributed by atoms with van der Waals surface area (Å²) in [5.41, 5.74) is 2.46. The van der Waals surface area contributed by atoms with Crippen LogP contribution in [0.4, 0.5) is 0 Å². The summed E-state index contributed by atoms with van der Waals surface area (Å²) in [5, 5.41) is 0. The maximum Gasteiger partial charge on any atom is 0.226 e. The molecule has 5 rings (SSSR count). The largest absolute Gasteiger partial charge is 0.494 e. The first-order valence-electron chi connectivity index (χ1n) is 13.3. The number of ether oxygens (including phenoxy) is 1. The molecule has 2 aliphatic heterocycles. The Bertz CT molecular complexity index is 877. The fraction of sp³-hybridized carbons (Fsp3) is 0.679. The van der Waals surface area contributed by atoms with Gasteiger partial charge in [-0.1, -0.05) is 20.3 Å². The van der Waals surface area contributed by atoms with Crippen molar-refractivity contribution in [2.24, 2.45) is 11.8 Å². The van der Waals surface area contributed by atoms with E-state index in [9.17, 15) is 0 Å². The van der Waals surface area contributed by atoms with Crippen molar-refractivity contribution in [3.8, 4) is 17.2 Å². The summed E-state index contributed by atoms with van der Waals surface area (Å²) in [7, 11) is 0. The van der Waals surface area contributed by atoms with Crippen LogP contribution in [0.1, 0.15) is 70.9 Å². The van der Waals surface area contributed by atoms with Crippen molar-refractivity contribution in [3.05, 3.63) is 36.2 Å². The van der Waals surface area contributed by atoms with E-state index in [-0.39, 0.29) is 0 Å². The predicted molar refractivity (Wildman–Crippen MR) is 132 cm³/mol. The summed E-state index contributed by atoms with van der Waals surface area (Å²) in [5.74, 6) is 3.28. The van der Waals surface area contributed by atoms with Crippen LogP contribution in [0.3, 0.4) is 0 Å². The van der Waals surface area contributed by atoms with Crippen molar-refractivity contribution in [1.82, 2.24) is 14.8 Å². The Hall–Kier alpha value is -1.85. The molecule has 0 bridgehead atoms. The van der Waals surface area contributed by atoms with Crippen LogP contribution in [-0.2, 0) is 6.54 Å². The molecule has 180 valence electrons. The van der Waals surface area contributed by atoms with Crippen LogP contribution in [-0.4, -0.2) is 53.1 Å². The van der Waals surface area contributed by atoms with Gasteiger partial charge in [-0.2, -0.15) is 0 Å². The quantitative estimate of drug-likeness (QED) is 0.461. The van der Waals surface area contributed by atoms with Gasteiger partial charge in [0.15, 0.2) is 0 Å². The van der Waals surface area contributed by atoms with Crippen LogP contribution in [0.2, 0.25) is 0 Å². The number of aromatic nitrogens is 1. The number of benzene rings is 1. The van der Waals surface area contributed by atoms with Gasteiger partial charge in [0.05, 0.1) is 12.3 Å². The SMILES string of the molecule is CC1CC2(CCCN2Cc2coc(-c3ccc(OCCCN4CCCCC4)cc3)n2)CC1C. The van der Waals surface area contributed by atoms with Crippen molar-refractivity contribution < 1.29 is 9.15 Å². The first-order valence-corrected chi connectivity index (χ1v) is 13.3. The highest BCUT2D eigenvalue weighted by molar-refractivity contribution is 5.54. The van der Waals surface area contributed by atoms with Gasteiger partial charge in [-0.05, 0) is 101 Å². The minimum Gasteiger partial charge on any atom is -0.494 e. The molecular formula is C28H41N3O2. The molecule has 3 fully saturated rings. The molecule has 1 spiro atoms. The second kappa shape index (κ2) is 10.2. The first kappa shape index (κ1) is 22.9. The Kier molecular flexibility index (Phi) is 7.07. The molecular weight excluding hydrogens is 410 g/mol. The normalized spacial score (nSPS) is 28.7. The van der Waals surface area contributed by atoms with E-state index in [2.05, 4.69) is 35.8 Å². The first-order chi connectivity index (χ1) is 16.1. The van der Waals surface area contributed by atoms with Gasteiger partial charge in [-0.15, -0.1) is 0 Å². The Morgan fingerprint density at radius 1 is 1.00 bits per heavy atom. The fourth-order valence-electron chi connectivity index (χ4n) is 6.45. The highest BCUT2D eigenvalue weighted by Gasteiger charge is 2.48. The molecule has 1 aromatic heterocycles. The Balaban J connectivity index is 1.12. The van der Waals surface area contributed by atoms with Crippen molar-refractivity contribution in [2.45, 2.75) is 77.3 Å². The van der Waals surface area contributed by atoms with Crippen LogP contribution < -0.4 is 4.74 Å².